The maximum atomic E-state index is 12.6. The van der Waals surface area contributed by atoms with E-state index in [9.17, 15) is 9.59 Å². The summed E-state index contributed by atoms with van der Waals surface area (Å²) in [5.74, 6) is 0.947. The van der Waals surface area contributed by atoms with Crippen LogP contribution in [0.1, 0.15) is 12.8 Å². The average molecular weight is 505 g/mol. The Morgan fingerprint density at radius 1 is 1.16 bits per heavy atom. The summed E-state index contributed by atoms with van der Waals surface area (Å²) < 4.78 is 16.4. The highest BCUT2D eigenvalue weighted by Gasteiger charge is 2.35. The number of cyclic esters (lactones) is 1. The number of benzene rings is 1. The van der Waals surface area contributed by atoms with Gasteiger partial charge in [0.25, 0.3) is 5.91 Å². The van der Waals surface area contributed by atoms with Gasteiger partial charge in [-0.25, -0.2) is 9.78 Å². The molecule has 0 radical (unpaired) electrons. The molecule has 11 nitrogen and oxygen atoms in total. The van der Waals surface area contributed by atoms with Crippen molar-refractivity contribution in [3.8, 4) is 11.6 Å². The van der Waals surface area contributed by atoms with Crippen molar-refractivity contribution in [2.75, 3.05) is 55.4 Å². The molecule has 192 valence electrons. The van der Waals surface area contributed by atoms with E-state index in [1.165, 1.54) is 0 Å². The van der Waals surface area contributed by atoms with E-state index in [1.54, 1.807) is 30.3 Å². The van der Waals surface area contributed by atoms with Gasteiger partial charge < -0.3 is 24.8 Å². The van der Waals surface area contributed by atoms with Crippen molar-refractivity contribution >= 4 is 40.1 Å². The minimum absolute atomic E-state index is 0.00280. The lowest BCUT2D eigenvalue weighted by Gasteiger charge is -2.33. The van der Waals surface area contributed by atoms with E-state index in [-0.39, 0.29) is 24.7 Å². The van der Waals surface area contributed by atoms with E-state index in [2.05, 4.69) is 25.5 Å². The predicted molar refractivity (Wildman–Crippen MR) is 137 cm³/mol. The number of nitrogens with one attached hydrogen (secondary N) is 2. The number of rotatable bonds is 6. The molecule has 3 aromatic rings. The second kappa shape index (κ2) is 9.74. The predicted octanol–water partition coefficient (Wildman–Crippen LogP) is 2.87. The molecule has 6 rings (SSSR count). The van der Waals surface area contributed by atoms with Crippen LogP contribution < -0.4 is 25.0 Å². The van der Waals surface area contributed by atoms with Gasteiger partial charge in [-0.05, 0) is 43.2 Å². The molecule has 0 unspecified atom stereocenters. The molecule has 5 heterocycles. The van der Waals surface area contributed by atoms with Crippen LogP contribution in [-0.4, -0.2) is 78.9 Å². The van der Waals surface area contributed by atoms with Gasteiger partial charge in [0, 0.05) is 43.6 Å². The summed E-state index contributed by atoms with van der Waals surface area (Å²) in [6, 6.07) is 11.3. The summed E-state index contributed by atoms with van der Waals surface area (Å²) in [6.07, 6.45) is 3.11. The van der Waals surface area contributed by atoms with E-state index in [4.69, 9.17) is 14.2 Å². The van der Waals surface area contributed by atoms with Crippen LogP contribution in [0.2, 0.25) is 0 Å². The van der Waals surface area contributed by atoms with E-state index in [1.807, 2.05) is 24.3 Å². The number of nitrogens with zero attached hydrogens (tertiary/aromatic N) is 4. The molecule has 0 aliphatic carbocycles. The van der Waals surface area contributed by atoms with Crippen LogP contribution >= 0.6 is 0 Å². The number of ether oxygens (including phenoxy) is 3. The molecule has 11 heteroatoms. The van der Waals surface area contributed by atoms with Crippen LogP contribution in [0.15, 0.2) is 42.6 Å². The van der Waals surface area contributed by atoms with Gasteiger partial charge in [0.05, 0.1) is 30.5 Å². The van der Waals surface area contributed by atoms with Crippen molar-refractivity contribution in [1.82, 2.24) is 14.9 Å². The smallest absolute Gasteiger partial charge is 0.414 e. The van der Waals surface area contributed by atoms with E-state index in [0.29, 0.717) is 42.1 Å². The third-order valence-electron chi connectivity index (χ3n) is 6.96. The molecule has 0 spiro atoms. The molecule has 2 amide bonds. The lowest BCUT2D eigenvalue weighted by Crippen LogP contribution is -2.43. The Morgan fingerprint density at radius 2 is 2.03 bits per heavy atom. The van der Waals surface area contributed by atoms with Crippen molar-refractivity contribution in [3.05, 3.63) is 42.6 Å². The summed E-state index contributed by atoms with van der Waals surface area (Å²) >= 11 is 0. The molecule has 2 aromatic heterocycles. The van der Waals surface area contributed by atoms with Crippen LogP contribution in [0.3, 0.4) is 0 Å². The quantitative estimate of drug-likeness (QED) is 0.522. The van der Waals surface area contributed by atoms with Crippen molar-refractivity contribution in [3.63, 3.8) is 0 Å². The largest absolute Gasteiger partial charge is 0.482 e. The number of aromatic nitrogens is 2. The number of pyridine rings is 2. The normalized spacial score (nSPS) is 20.2. The monoisotopic (exact) mass is 504 g/mol. The molecular weight excluding hydrogens is 476 g/mol. The fourth-order valence-corrected chi connectivity index (χ4v) is 5.07. The lowest BCUT2D eigenvalue weighted by molar-refractivity contribution is -0.118. The van der Waals surface area contributed by atoms with Gasteiger partial charge in [0.1, 0.15) is 17.4 Å². The third-order valence-corrected chi connectivity index (χ3v) is 6.96. The van der Waals surface area contributed by atoms with Gasteiger partial charge >= 0.3 is 6.09 Å². The molecule has 3 aliphatic rings. The fourth-order valence-electron chi connectivity index (χ4n) is 5.07. The first-order chi connectivity index (χ1) is 18.1. The molecule has 2 fully saturated rings. The molecule has 1 aromatic carbocycles. The van der Waals surface area contributed by atoms with Crippen molar-refractivity contribution < 1.29 is 23.8 Å². The van der Waals surface area contributed by atoms with Gasteiger partial charge in [-0.2, -0.15) is 0 Å². The number of anilines is 3. The lowest BCUT2D eigenvalue weighted by atomic mass is 10.0. The molecule has 1 atom stereocenters. The van der Waals surface area contributed by atoms with Gasteiger partial charge in [-0.15, -0.1) is 0 Å². The Kier molecular flexibility index (Phi) is 6.13. The number of hydrogen-bond acceptors (Lipinski definition) is 9. The SMILES string of the molecule is COc1ccc2nccc(NC3CCN(C[C@@H]4CN(c5ccc6c(c5)NC(=O)CO6)C(=O)O4)CC3)c2n1. The van der Waals surface area contributed by atoms with E-state index in [0.717, 1.165) is 42.7 Å². The first kappa shape index (κ1) is 23.3. The number of amides is 2. The maximum absolute atomic E-state index is 12.6. The zero-order valence-corrected chi connectivity index (χ0v) is 20.5. The highest BCUT2D eigenvalue weighted by atomic mass is 16.6. The van der Waals surface area contributed by atoms with Crippen molar-refractivity contribution in [2.45, 2.75) is 25.0 Å². The topological polar surface area (TPSA) is 118 Å². The Labute approximate surface area is 213 Å². The molecule has 0 saturated carbocycles. The summed E-state index contributed by atoms with van der Waals surface area (Å²) in [6.45, 7) is 2.93. The molecular formula is C26H28N6O5. The molecule has 2 N–H and O–H groups in total. The summed E-state index contributed by atoms with van der Waals surface area (Å²) in [4.78, 5) is 37.2. The second-order valence-corrected chi connectivity index (χ2v) is 9.43. The fraction of sp³-hybridized carbons (Fsp3) is 0.385. The number of carbonyl (C=O) groups is 2. The Bertz CT molecular complexity index is 1340. The standard InChI is InChI=1S/C26H28N6O5/c1-35-24-5-3-19-25(30-24)20(6-9-27-19)28-16-7-10-31(11-8-16)13-18-14-32(26(34)37-18)17-2-4-22-21(12-17)29-23(33)15-36-22/h2-6,9,12,16,18H,7-8,10-11,13-15H2,1H3,(H,27,28)(H,29,33)/t18-/m1/s1. The molecule has 0 bridgehead atoms. The minimum Gasteiger partial charge on any atom is -0.482 e. The second-order valence-electron chi connectivity index (χ2n) is 9.43. The van der Waals surface area contributed by atoms with Gasteiger partial charge in [0.15, 0.2) is 6.61 Å². The van der Waals surface area contributed by atoms with Gasteiger partial charge in [-0.1, -0.05) is 0 Å². The first-order valence-corrected chi connectivity index (χ1v) is 12.4. The van der Waals surface area contributed by atoms with Crippen LogP contribution in [0.4, 0.5) is 21.9 Å². The molecule has 2 saturated heterocycles. The zero-order valence-electron chi connectivity index (χ0n) is 20.5. The molecule has 3 aliphatic heterocycles. The minimum atomic E-state index is -0.378. The molecule has 37 heavy (non-hydrogen) atoms. The van der Waals surface area contributed by atoms with Gasteiger partial charge in [0.2, 0.25) is 5.88 Å². The van der Waals surface area contributed by atoms with Crippen LogP contribution in [-0.2, 0) is 9.53 Å². The number of fused-ring (bicyclic) bond motifs is 2. The van der Waals surface area contributed by atoms with Crippen molar-refractivity contribution in [2.24, 2.45) is 0 Å². The number of carbonyl (C=O) groups excluding carboxylic acids is 2. The Hall–Kier alpha value is -4.12. The van der Waals surface area contributed by atoms with Crippen LogP contribution in [0.25, 0.3) is 11.0 Å². The van der Waals surface area contributed by atoms with E-state index < -0.39 is 0 Å². The highest BCUT2D eigenvalue weighted by molar-refractivity contribution is 5.97. The van der Waals surface area contributed by atoms with Gasteiger partial charge in [-0.3, -0.25) is 19.6 Å². The number of likely N-dealkylation sites (tertiary alicyclic amines) is 1. The van der Waals surface area contributed by atoms with Crippen LogP contribution in [0, 0.1) is 0 Å². The number of methoxy groups -OCH3 is 1. The Balaban J connectivity index is 1.04. The first-order valence-electron chi connectivity index (χ1n) is 12.4. The Morgan fingerprint density at radius 3 is 2.86 bits per heavy atom. The van der Waals surface area contributed by atoms with Crippen LogP contribution in [0.5, 0.6) is 11.6 Å². The maximum Gasteiger partial charge on any atom is 0.414 e. The van der Waals surface area contributed by atoms with E-state index >= 15 is 0 Å². The summed E-state index contributed by atoms with van der Waals surface area (Å²) in [5, 5.41) is 6.42. The zero-order chi connectivity index (χ0) is 25.4. The highest BCUT2D eigenvalue weighted by Crippen LogP contribution is 2.34. The number of hydrogen-bond donors (Lipinski definition) is 2. The summed E-state index contributed by atoms with van der Waals surface area (Å²) in [5.41, 5.74) is 3.82. The summed E-state index contributed by atoms with van der Waals surface area (Å²) in [7, 11) is 1.61. The number of piperidine rings is 1. The average Bonchev–Trinajstić information content (AvgIpc) is 3.29. The third kappa shape index (κ3) is 4.82. The van der Waals surface area contributed by atoms with Crippen molar-refractivity contribution in [1.29, 1.82) is 0 Å².